The maximum atomic E-state index is 10.3. The highest BCUT2D eigenvalue weighted by Crippen LogP contribution is 2.07. The molecule has 0 saturated carbocycles. The first-order chi connectivity index (χ1) is 7.09. The number of rotatable bonds is 2. The van der Waals surface area contributed by atoms with Gasteiger partial charge in [-0.2, -0.15) is 0 Å². The van der Waals surface area contributed by atoms with Crippen molar-refractivity contribution in [3.8, 4) is 11.8 Å². The van der Waals surface area contributed by atoms with Gasteiger partial charge in [-0.15, -0.1) is 0 Å². The summed E-state index contributed by atoms with van der Waals surface area (Å²) < 4.78 is 0. The fourth-order valence-electron chi connectivity index (χ4n) is 0.790. The van der Waals surface area contributed by atoms with Crippen molar-refractivity contribution in [2.45, 2.75) is 6.42 Å². The highest BCUT2D eigenvalue weighted by atomic mass is 16.6. The fraction of sp³-hybridized carbons (Fsp3) is 0.111. The van der Waals surface area contributed by atoms with E-state index in [0.717, 1.165) is 6.20 Å². The third-order valence-corrected chi connectivity index (χ3v) is 1.44. The first kappa shape index (κ1) is 10.7. The van der Waals surface area contributed by atoms with Crippen molar-refractivity contribution in [3.63, 3.8) is 0 Å². The highest BCUT2D eigenvalue weighted by molar-refractivity contribution is 5.76. The van der Waals surface area contributed by atoms with E-state index in [0.29, 0.717) is 5.69 Å². The normalized spacial score (nSPS) is 8.80. The molecule has 0 atom stereocenters. The van der Waals surface area contributed by atoms with Crippen molar-refractivity contribution in [3.05, 3.63) is 34.1 Å². The summed E-state index contributed by atoms with van der Waals surface area (Å²) in [6.07, 6.45) is 1.05. The van der Waals surface area contributed by atoms with E-state index in [4.69, 9.17) is 5.73 Å². The number of pyridine rings is 1. The summed E-state index contributed by atoms with van der Waals surface area (Å²) >= 11 is 0. The average molecular weight is 205 g/mol. The van der Waals surface area contributed by atoms with E-state index >= 15 is 0 Å². The van der Waals surface area contributed by atoms with Gasteiger partial charge in [0.1, 0.15) is 11.9 Å². The molecule has 0 aliphatic rings. The molecule has 2 N–H and O–H groups in total. The smallest absolute Gasteiger partial charge is 0.287 e. The van der Waals surface area contributed by atoms with E-state index in [1.165, 1.54) is 12.1 Å². The number of nitrogens with two attached hydrogens (primary N) is 1. The van der Waals surface area contributed by atoms with Gasteiger partial charge < -0.3 is 5.73 Å². The van der Waals surface area contributed by atoms with Crippen molar-refractivity contribution in [2.75, 3.05) is 0 Å². The highest BCUT2D eigenvalue weighted by Gasteiger charge is 2.03. The van der Waals surface area contributed by atoms with Gasteiger partial charge in [0.15, 0.2) is 0 Å². The Morgan fingerprint density at radius 3 is 2.80 bits per heavy atom. The van der Waals surface area contributed by atoms with Gasteiger partial charge in [-0.25, -0.2) is 4.98 Å². The Kier molecular flexibility index (Phi) is 3.35. The Balaban J connectivity index is 2.75. The predicted molar refractivity (Wildman–Crippen MR) is 51.6 cm³/mol. The SMILES string of the molecule is NC(=O)CC#Cc1ccc([N+](=O)[O-])cn1. The number of carbonyl (C=O) groups is 1. The molecule has 0 aliphatic heterocycles. The van der Waals surface area contributed by atoms with Crippen LogP contribution in [0.25, 0.3) is 0 Å². The van der Waals surface area contributed by atoms with Crippen LogP contribution in [0.15, 0.2) is 18.3 Å². The molecule has 1 aromatic rings. The fourth-order valence-corrected chi connectivity index (χ4v) is 0.790. The van der Waals surface area contributed by atoms with Crippen LogP contribution in [-0.2, 0) is 4.79 Å². The van der Waals surface area contributed by atoms with Crippen molar-refractivity contribution >= 4 is 11.6 Å². The van der Waals surface area contributed by atoms with E-state index < -0.39 is 10.8 Å². The predicted octanol–water partition coefficient (Wildman–Crippen LogP) is 0.217. The number of aromatic nitrogens is 1. The Labute approximate surface area is 85.3 Å². The maximum Gasteiger partial charge on any atom is 0.287 e. The van der Waals surface area contributed by atoms with Crippen LogP contribution in [0.2, 0.25) is 0 Å². The lowest BCUT2D eigenvalue weighted by atomic mass is 10.3. The summed E-state index contributed by atoms with van der Waals surface area (Å²) in [7, 11) is 0. The quantitative estimate of drug-likeness (QED) is 0.424. The zero-order valence-electron chi connectivity index (χ0n) is 7.64. The van der Waals surface area contributed by atoms with Gasteiger partial charge in [0.05, 0.1) is 11.3 Å². The van der Waals surface area contributed by atoms with Crippen LogP contribution in [0.3, 0.4) is 0 Å². The topological polar surface area (TPSA) is 99.1 Å². The monoisotopic (exact) mass is 205 g/mol. The van der Waals surface area contributed by atoms with Crippen LogP contribution in [0.1, 0.15) is 12.1 Å². The number of carbonyl (C=O) groups excluding carboxylic acids is 1. The van der Waals surface area contributed by atoms with Gasteiger partial charge in [-0.3, -0.25) is 14.9 Å². The van der Waals surface area contributed by atoms with Crippen molar-refractivity contribution < 1.29 is 9.72 Å². The van der Waals surface area contributed by atoms with Crippen LogP contribution in [-0.4, -0.2) is 15.8 Å². The van der Waals surface area contributed by atoms with E-state index in [2.05, 4.69) is 16.8 Å². The largest absolute Gasteiger partial charge is 0.369 e. The second-order valence-corrected chi connectivity index (χ2v) is 2.60. The summed E-state index contributed by atoms with van der Waals surface area (Å²) in [4.78, 5) is 23.8. The molecule has 15 heavy (non-hydrogen) atoms. The second-order valence-electron chi connectivity index (χ2n) is 2.60. The maximum absolute atomic E-state index is 10.3. The molecule has 0 bridgehead atoms. The molecule has 0 fully saturated rings. The summed E-state index contributed by atoms with van der Waals surface area (Å²) in [5.74, 6) is 4.53. The molecule has 0 aromatic carbocycles. The first-order valence-electron chi connectivity index (χ1n) is 3.97. The Bertz CT molecular complexity index is 442. The summed E-state index contributed by atoms with van der Waals surface area (Å²) in [6.45, 7) is 0. The third-order valence-electron chi connectivity index (χ3n) is 1.44. The lowest BCUT2D eigenvalue weighted by Crippen LogP contribution is -2.08. The van der Waals surface area contributed by atoms with E-state index in [1.807, 2.05) is 0 Å². The van der Waals surface area contributed by atoms with Gasteiger partial charge in [-0.05, 0) is 12.0 Å². The van der Waals surface area contributed by atoms with Crippen LogP contribution in [0.4, 0.5) is 5.69 Å². The molecule has 1 aromatic heterocycles. The van der Waals surface area contributed by atoms with Gasteiger partial charge >= 0.3 is 0 Å². The lowest BCUT2D eigenvalue weighted by Gasteiger charge is -1.90. The standard InChI is InChI=1S/C9H7N3O3/c10-9(13)3-1-2-7-4-5-8(6-11-7)12(14)15/h4-6H,3H2,(H2,10,13). The number of nitrogens with zero attached hydrogens (tertiary/aromatic N) is 2. The molecule has 6 heteroatoms. The number of amides is 1. The molecule has 6 nitrogen and oxygen atoms in total. The summed E-state index contributed by atoms with van der Waals surface area (Å²) in [5, 5.41) is 10.3. The minimum atomic E-state index is -0.548. The molecular weight excluding hydrogens is 198 g/mol. The zero-order chi connectivity index (χ0) is 11.3. The van der Waals surface area contributed by atoms with E-state index in [9.17, 15) is 14.9 Å². The van der Waals surface area contributed by atoms with Gasteiger partial charge in [0, 0.05) is 6.07 Å². The van der Waals surface area contributed by atoms with Crippen molar-refractivity contribution in [2.24, 2.45) is 5.73 Å². The minimum Gasteiger partial charge on any atom is -0.369 e. The van der Waals surface area contributed by atoms with Gasteiger partial charge in [0.25, 0.3) is 5.69 Å². The minimum absolute atomic E-state index is 0.0569. The second kappa shape index (κ2) is 4.72. The van der Waals surface area contributed by atoms with Crippen LogP contribution >= 0.6 is 0 Å². The van der Waals surface area contributed by atoms with Gasteiger partial charge in [0.2, 0.25) is 5.91 Å². The zero-order valence-corrected chi connectivity index (χ0v) is 7.64. The molecule has 0 saturated heterocycles. The van der Waals surface area contributed by atoms with Crippen LogP contribution < -0.4 is 5.73 Å². The molecule has 76 valence electrons. The molecule has 1 amide bonds. The number of primary amides is 1. The number of hydrogen-bond acceptors (Lipinski definition) is 4. The molecule has 1 heterocycles. The summed E-state index contributed by atoms with van der Waals surface area (Å²) in [5.41, 5.74) is 5.13. The Hall–Kier alpha value is -2.42. The van der Waals surface area contributed by atoms with Crippen LogP contribution in [0.5, 0.6) is 0 Å². The molecule has 0 aliphatic carbocycles. The molecular formula is C9H7N3O3. The Morgan fingerprint density at radius 2 is 2.33 bits per heavy atom. The van der Waals surface area contributed by atoms with Crippen molar-refractivity contribution in [1.29, 1.82) is 0 Å². The summed E-state index contributed by atoms with van der Waals surface area (Å²) in [6, 6.07) is 2.70. The Morgan fingerprint density at radius 1 is 1.60 bits per heavy atom. The number of hydrogen-bond donors (Lipinski definition) is 1. The molecule has 0 spiro atoms. The molecule has 1 rings (SSSR count). The van der Waals surface area contributed by atoms with Crippen LogP contribution in [0, 0.1) is 22.0 Å². The first-order valence-corrected chi connectivity index (χ1v) is 3.97. The lowest BCUT2D eigenvalue weighted by molar-refractivity contribution is -0.385. The van der Waals surface area contributed by atoms with E-state index in [-0.39, 0.29) is 12.1 Å². The van der Waals surface area contributed by atoms with Gasteiger partial charge in [-0.1, -0.05) is 5.92 Å². The molecule has 0 unspecified atom stereocenters. The van der Waals surface area contributed by atoms with Crippen molar-refractivity contribution in [1.82, 2.24) is 4.98 Å². The number of nitro groups is 1. The van der Waals surface area contributed by atoms with E-state index in [1.54, 1.807) is 0 Å². The third kappa shape index (κ3) is 3.44. The molecule has 0 radical (unpaired) electrons. The average Bonchev–Trinajstić information content (AvgIpc) is 2.18.